The standard InChI is InChI=1S/C13H20ClN3O.HI/c1-15-13(17-8-9-18-2)16-7-6-11-4-3-5-12(14)10-11;/h3-5,10H,6-9H2,1-2H3,(H2,15,16,17);1H. The average molecular weight is 398 g/mol. The maximum atomic E-state index is 5.93. The number of rotatable bonds is 6. The Hall–Kier alpha value is -0.530. The number of halogens is 2. The number of nitrogens with one attached hydrogen (secondary N) is 2. The number of hydrogen-bond donors (Lipinski definition) is 2. The third-order valence-electron chi connectivity index (χ3n) is 2.42. The van der Waals surface area contributed by atoms with Crippen LogP contribution in [0.25, 0.3) is 0 Å². The van der Waals surface area contributed by atoms with E-state index >= 15 is 0 Å². The summed E-state index contributed by atoms with van der Waals surface area (Å²) in [5, 5.41) is 7.17. The van der Waals surface area contributed by atoms with E-state index in [9.17, 15) is 0 Å². The Morgan fingerprint density at radius 1 is 1.32 bits per heavy atom. The lowest BCUT2D eigenvalue weighted by molar-refractivity contribution is 0.203. The second-order valence-electron chi connectivity index (χ2n) is 3.80. The summed E-state index contributed by atoms with van der Waals surface area (Å²) in [6.45, 7) is 2.22. The number of hydrogen-bond acceptors (Lipinski definition) is 2. The van der Waals surface area contributed by atoms with Gasteiger partial charge in [0.2, 0.25) is 0 Å². The lowest BCUT2D eigenvalue weighted by atomic mass is 10.1. The van der Waals surface area contributed by atoms with Crippen molar-refractivity contribution in [3.63, 3.8) is 0 Å². The van der Waals surface area contributed by atoms with E-state index < -0.39 is 0 Å². The summed E-state index contributed by atoms with van der Waals surface area (Å²) in [7, 11) is 3.43. The predicted octanol–water partition coefficient (Wildman–Crippen LogP) is 2.31. The van der Waals surface area contributed by atoms with Crippen LogP contribution in [0.2, 0.25) is 5.02 Å². The van der Waals surface area contributed by atoms with Crippen LogP contribution in [-0.2, 0) is 11.2 Å². The zero-order valence-electron chi connectivity index (χ0n) is 11.3. The molecule has 6 heteroatoms. The van der Waals surface area contributed by atoms with Gasteiger partial charge in [0.15, 0.2) is 5.96 Å². The Morgan fingerprint density at radius 2 is 2.05 bits per heavy atom. The monoisotopic (exact) mass is 397 g/mol. The molecule has 4 nitrogen and oxygen atoms in total. The van der Waals surface area contributed by atoms with Crippen LogP contribution < -0.4 is 10.6 Å². The van der Waals surface area contributed by atoms with E-state index in [4.69, 9.17) is 16.3 Å². The average Bonchev–Trinajstić information content (AvgIpc) is 2.37. The Kier molecular flexibility index (Phi) is 11.0. The fraction of sp³-hybridized carbons (Fsp3) is 0.462. The molecule has 0 fully saturated rings. The number of benzene rings is 1. The fourth-order valence-corrected chi connectivity index (χ4v) is 1.72. The van der Waals surface area contributed by atoms with Crippen LogP contribution in [-0.4, -0.2) is 39.8 Å². The van der Waals surface area contributed by atoms with Gasteiger partial charge in [-0.1, -0.05) is 23.7 Å². The fourth-order valence-electron chi connectivity index (χ4n) is 1.51. The van der Waals surface area contributed by atoms with Crippen LogP contribution in [0.1, 0.15) is 5.56 Å². The molecule has 0 saturated carbocycles. The molecule has 19 heavy (non-hydrogen) atoms. The van der Waals surface area contributed by atoms with Crippen LogP contribution in [0.4, 0.5) is 0 Å². The van der Waals surface area contributed by atoms with Gasteiger partial charge in [0.1, 0.15) is 0 Å². The maximum absolute atomic E-state index is 5.93. The highest BCUT2D eigenvalue weighted by atomic mass is 127. The molecule has 0 atom stereocenters. The molecule has 0 spiro atoms. The lowest BCUT2D eigenvalue weighted by Gasteiger charge is -2.11. The molecular weight excluding hydrogens is 377 g/mol. The Labute approximate surface area is 137 Å². The molecular formula is C13H21ClIN3O. The Balaban J connectivity index is 0.00000324. The highest BCUT2D eigenvalue weighted by Crippen LogP contribution is 2.10. The quantitative estimate of drug-likeness (QED) is 0.335. The molecule has 0 heterocycles. The summed E-state index contributed by atoms with van der Waals surface area (Å²) in [4.78, 5) is 4.12. The highest BCUT2D eigenvalue weighted by Gasteiger charge is 1.98. The first-order chi connectivity index (χ1) is 8.76. The van der Waals surface area contributed by atoms with Gasteiger partial charge in [-0.05, 0) is 24.1 Å². The molecule has 108 valence electrons. The Bertz CT molecular complexity index is 388. The molecule has 0 aliphatic rings. The molecule has 2 N–H and O–H groups in total. The molecule has 0 radical (unpaired) electrons. The van der Waals surface area contributed by atoms with Crippen LogP contribution in [0.3, 0.4) is 0 Å². The minimum atomic E-state index is 0. The van der Waals surface area contributed by atoms with E-state index in [1.807, 2.05) is 18.2 Å². The molecule has 0 aliphatic heterocycles. The molecule has 1 aromatic carbocycles. The summed E-state index contributed by atoms with van der Waals surface area (Å²) in [6.07, 6.45) is 0.908. The van der Waals surface area contributed by atoms with Gasteiger partial charge in [0.25, 0.3) is 0 Å². The minimum Gasteiger partial charge on any atom is -0.383 e. The van der Waals surface area contributed by atoms with Crippen molar-refractivity contribution in [2.24, 2.45) is 4.99 Å². The van der Waals surface area contributed by atoms with Gasteiger partial charge in [-0.3, -0.25) is 4.99 Å². The first-order valence-electron chi connectivity index (χ1n) is 5.94. The van der Waals surface area contributed by atoms with Crippen LogP contribution in [0.15, 0.2) is 29.3 Å². The number of aliphatic imine (C=N–C) groups is 1. The predicted molar refractivity (Wildman–Crippen MR) is 91.8 cm³/mol. The maximum Gasteiger partial charge on any atom is 0.191 e. The summed E-state index contributed by atoms with van der Waals surface area (Å²) in [5.74, 6) is 0.786. The summed E-state index contributed by atoms with van der Waals surface area (Å²) >= 11 is 5.93. The third-order valence-corrected chi connectivity index (χ3v) is 2.65. The van der Waals surface area contributed by atoms with Crippen LogP contribution in [0, 0.1) is 0 Å². The van der Waals surface area contributed by atoms with E-state index in [1.165, 1.54) is 5.56 Å². The van der Waals surface area contributed by atoms with Crippen molar-refractivity contribution in [2.45, 2.75) is 6.42 Å². The van der Waals surface area contributed by atoms with E-state index in [2.05, 4.69) is 21.7 Å². The first kappa shape index (κ1) is 18.5. The van der Waals surface area contributed by atoms with Crippen molar-refractivity contribution in [2.75, 3.05) is 33.9 Å². The van der Waals surface area contributed by atoms with E-state index in [1.54, 1.807) is 14.2 Å². The Morgan fingerprint density at radius 3 is 2.68 bits per heavy atom. The highest BCUT2D eigenvalue weighted by molar-refractivity contribution is 14.0. The van der Waals surface area contributed by atoms with Crippen LogP contribution >= 0.6 is 35.6 Å². The summed E-state index contributed by atoms with van der Waals surface area (Å²) in [5.41, 5.74) is 1.21. The topological polar surface area (TPSA) is 45.7 Å². The normalized spacial score (nSPS) is 10.8. The number of methoxy groups -OCH3 is 1. The van der Waals surface area contributed by atoms with Gasteiger partial charge in [-0.2, -0.15) is 0 Å². The van der Waals surface area contributed by atoms with Gasteiger partial charge in [-0.15, -0.1) is 24.0 Å². The van der Waals surface area contributed by atoms with E-state index in [0.717, 1.165) is 30.5 Å². The van der Waals surface area contributed by atoms with Gasteiger partial charge in [0, 0.05) is 32.3 Å². The second kappa shape index (κ2) is 11.3. The van der Waals surface area contributed by atoms with Gasteiger partial charge >= 0.3 is 0 Å². The first-order valence-corrected chi connectivity index (χ1v) is 6.32. The molecule has 0 bridgehead atoms. The summed E-state index contributed by atoms with van der Waals surface area (Å²) < 4.78 is 4.96. The molecule has 0 aliphatic carbocycles. The molecule has 0 unspecified atom stereocenters. The van der Waals surface area contributed by atoms with E-state index in [0.29, 0.717) is 6.61 Å². The van der Waals surface area contributed by atoms with Gasteiger partial charge in [0.05, 0.1) is 6.61 Å². The van der Waals surface area contributed by atoms with Crippen molar-refractivity contribution in [3.8, 4) is 0 Å². The van der Waals surface area contributed by atoms with Crippen molar-refractivity contribution < 1.29 is 4.74 Å². The summed E-state index contributed by atoms with van der Waals surface area (Å²) in [6, 6.07) is 7.88. The van der Waals surface area contributed by atoms with Crippen LogP contribution in [0.5, 0.6) is 0 Å². The number of guanidine groups is 1. The third kappa shape index (κ3) is 8.28. The SMILES string of the molecule is CN=C(NCCOC)NCCc1cccc(Cl)c1.I. The van der Waals surface area contributed by atoms with Crippen molar-refractivity contribution in [3.05, 3.63) is 34.9 Å². The second-order valence-corrected chi connectivity index (χ2v) is 4.23. The number of nitrogens with zero attached hydrogens (tertiary/aromatic N) is 1. The van der Waals surface area contributed by atoms with Crippen molar-refractivity contribution >= 4 is 41.5 Å². The zero-order valence-corrected chi connectivity index (χ0v) is 14.4. The van der Waals surface area contributed by atoms with Gasteiger partial charge < -0.3 is 15.4 Å². The van der Waals surface area contributed by atoms with E-state index in [-0.39, 0.29) is 24.0 Å². The largest absolute Gasteiger partial charge is 0.383 e. The van der Waals surface area contributed by atoms with Gasteiger partial charge in [-0.25, -0.2) is 0 Å². The molecule has 1 aromatic rings. The molecule has 0 amide bonds. The molecule has 0 aromatic heterocycles. The zero-order chi connectivity index (χ0) is 13.2. The minimum absolute atomic E-state index is 0. The molecule has 1 rings (SSSR count). The van der Waals surface area contributed by atoms with Crippen molar-refractivity contribution in [1.29, 1.82) is 0 Å². The number of ether oxygens (including phenoxy) is 1. The smallest absolute Gasteiger partial charge is 0.191 e. The molecule has 0 saturated heterocycles. The van der Waals surface area contributed by atoms with Crippen molar-refractivity contribution in [1.82, 2.24) is 10.6 Å². The lowest BCUT2D eigenvalue weighted by Crippen LogP contribution is -2.39.